The minimum Gasteiger partial charge on any atom is -0.377 e. The van der Waals surface area contributed by atoms with Gasteiger partial charge in [-0.05, 0) is 20.8 Å². The van der Waals surface area contributed by atoms with Crippen LogP contribution in [0.3, 0.4) is 0 Å². The number of hydrogen-bond acceptors (Lipinski definition) is 3. The fourth-order valence-electron chi connectivity index (χ4n) is 1.51. The van der Waals surface area contributed by atoms with E-state index in [9.17, 15) is 0 Å². The fourth-order valence-corrected chi connectivity index (χ4v) is 1.51. The van der Waals surface area contributed by atoms with E-state index in [4.69, 9.17) is 9.47 Å². The van der Waals surface area contributed by atoms with E-state index < -0.39 is 0 Å². The molecule has 0 amide bonds. The number of ether oxygens (including phenoxy) is 2. The van der Waals surface area contributed by atoms with Gasteiger partial charge in [-0.3, -0.25) is 4.90 Å². The molecule has 1 rings (SSSR count). The van der Waals surface area contributed by atoms with Crippen LogP contribution in [0.15, 0.2) is 0 Å². The Morgan fingerprint density at radius 3 is 2.92 bits per heavy atom. The Kier molecular flexibility index (Phi) is 4.70. The Hall–Kier alpha value is -0.120. The molecule has 0 spiro atoms. The summed E-state index contributed by atoms with van der Waals surface area (Å²) in [5.41, 5.74) is 0. The van der Waals surface area contributed by atoms with Crippen molar-refractivity contribution in [2.24, 2.45) is 0 Å². The lowest BCUT2D eigenvalue weighted by atomic mass is 10.3. The van der Waals surface area contributed by atoms with Gasteiger partial charge in [0.1, 0.15) is 0 Å². The van der Waals surface area contributed by atoms with Gasteiger partial charge in [-0.1, -0.05) is 0 Å². The van der Waals surface area contributed by atoms with Crippen molar-refractivity contribution in [1.29, 1.82) is 0 Å². The third kappa shape index (κ3) is 4.60. The zero-order chi connectivity index (χ0) is 9.68. The van der Waals surface area contributed by atoms with Gasteiger partial charge in [0, 0.05) is 19.6 Å². The second-order valence-corrected chi connectivity index (χ2v) is 3.90. The van der Waals surface area contributed by atoms with Crippen LogP contribution in [0.4, 0.5) is 0 Å². The monoisotopic (exact) mass is 187 g/mol. The number of morpholine rings is 1. The molecule has 0 aliphatic carbocycles. The average molecular weight is 187 g/mol. The molecule has 13 heavy (non-hydrogen) atoms. The Bertz CT molecular complexity index is 139. The van der Waals surface area contributed by atoms with Crippen LogP contribution >= 0.6 is 0 Å². The fraction of sp³-hybridized carbons (Fsp3) is 1.00. The highest BCUT2D eigenvalue weighted by Crippen LogP contribution is 2.03. The van der Waals surface area contributed by atoms with Gasteiger partial charge in [0.2, 0.25) is 0 Å². The molecule has 0 bridgehead atoms. The summed E-state index contributed by atoms with van der Waals surface area (Å²) in [5.74, 6) is 0. The molecule has 0 aromatic rings. The lowest BCUT2D eigenvalue weighted by molar-refractivity contribution is -0.0312. The topological polar surface area (TPSA) is 21.7 Å². The lowest BCUT2D eigenvalue weighted by Gasteiger charge is -2.31. The summed E-state index contributed by atoms with van der Waals surface area (Å²) < 4.78 is 11.0. The first-order valence-corrected chi connectivity index (χ1v) is 5.14. The molecule has 3 nitrogen and oxygen atoms in total. The van der Waals surface area contributed by atoms with E-state index in [2.05, 4.69) is 25.7 Å². The van der Waals surface area contributed by atoms with Crippen molar-refractivity contribution < 1.29 is 9.47 Å². The number of nitrogens with zero attached hydrogens (tertiary/aromatic N) is 1. The Morgan fingerprint density at radius 1 is 1.54 bits per heavy atom. The van der Waals surface area contributed by atoms with Crippen LogP contribution in [-0.4, -0.2) is 50.0 Å². The first kappa shape index (κ1) is 11.0. The summed E-state index contributed by atoms with van der Waals surface area (Å²) in [6.07, 6.45) is 0.728. The summed E-state index contributed by atoms with van der Waals surface area (Å²) in [7, 11) is 0. The molecule has 1 fully saturated rings. The maximum absolute atomic E-state index is 5.50. The summed E-state index contributed by atoms with van der Waals surface area (Å²) in [6.45, 7) is 11.1. The van der Waals surface area contributed by atoms with Gasteiger partial charge >= 0.3 is 0 Å². The zero-order valence-electron chi connectivity index (χ0n) is 8.95. The van der Waals surface area contributed by atoms with Crippen molar-refractivity contribution in [2.45, 2.75) is 33.0 Å². The maximum atomic E-state index is 5.50. The third-order valence-electron chi connectivity index (χ3n) is 2.18. The van der Waals surface area contributed by atoms with Crippen LogP contribution in [0.5, 0.6) is 0 Å². The molecular weight excluding hydrogens is 166 g/mol. The largest absolute Gasteiger partial charge is 0.377 e. The molecule has 1 aliphatic rings. The highest BCUT2D eigenvalue weighted by molar-refractivity contribution is 4.67. The SMILES string of the molecule is CC(C)OCCN1CCO[C@H](C)C1. The molecular formula is C10H21NO2. The molecule has 0 N–H and O–H groups in total. The van der Waals surface area contributed by atoms with Crippen LogP contribution in [0, 0.1) is 0 Å². The molecule has 1 saturated heterocycles. The maximum Gasteiger partial charge on any atom is 0.0674 e. The summed E-state index contributed by atoms with van der Waals surface area (Å²) >= 11 is 0. The van der Waals surface area contributed by atoms with Gasteiger partial charge < -0.3 is 9.47 Å². The van der Waals surface area contributed by atoms with E-state index in [0.717, 1.165) is 32.8 Å². The normalized spacial score (nSPS) is 25.4. The second-order valence-electron chi connectivity index (χ2n) is 3.90. The van der Waals surface area contributed by atoms with E-state index in [1.54, 1.807) is 0 Å². The molecule has 0 radical (unpaired) electrons. The van der Waals surface area contributed by atoms with Crippen molar-refractivity contribution in [1.82, 2.24) is 4.90 Å². The molecule has 78 valence electrons. The Labute approximate surface area is 81.0 Å². The average Bonchev–Trinajstić information content (AvgIpc) is 2.03. The van der Waals surface area contributed by atoms with Gasteiger partial charge in [-0.25, -0.2) is 0 Å². The molecule has 0 saturated carbocycles. The van der Waals surface area contributed by atoms with Crippen molar-refractivity contribution in [3.8, 4) is 0 Å². The lowest BCUT2D eigenvalue weighted by Crippen LogP contribution is -2.42. The zero-order valence-corrected chi connectivity index (χ0v) is 8.95. The van der Waals surface area contributed by atoms with Crippen LogP contribution in [0.1, 0.15) is 20.8 Å². The van der Waals surface area contributed by atoms with E-state index >= 15 is 0 Å². The van der Waals surface area contributed by atoms with Gasteiger partial charge in [0.25, 0.3) is 0 Å². The first-order chi connectivity index (χ1) is 6.18. The van der Waals surface area contributed by atoms with E-state index in [-0.39, 0.29) is 0 Å². The van der Waals surface area contributed by atoms with Gasteiger partial charge in [-0.15, -0.1) is 0 Å². The highest BCUT2D eigenvalue weighted by atomic mass is 16.5. The van der Waals surface area contributed by atoms with Crippen molar-refractivity contribution >= 4 is 0 Å². The van der Waals surface area contributed by atoms with Crippen LogP contribution < -0.4 is 0 Å². The van der Waals surface area contributed by atoms with E-state index in [1.165, 1.54) is 0 Å². The second kappa shape index (κ2) is 5.58. The predicted molar refractivity (Wildman–Crippen MR) is 52.9 cm³/mol. The quantitative estimate of drug-likeness (QED) is 0.658. The minimum absolute atomic E-state index is 0.346. The number of hydrogen-bond donors (Lipinski definition) is 0. The Morgan fingerprint density at radius 2 is 2.31 bits per heavy atom. The highest BCUT2D eigenvalue weighted by Gasteiger charge is 2.15. The first-order valence-electron chi connectivity index (χ1n) is 5.14. The molecule has 1 atom stereocenters. The predicted octanol–water partition coefficient (Wildman–Crippen LogP) is 1.13. The Balaban J connectivity index is 2.06. The van der Waals surface area contributed by atoms with E-state index in [1.807, 2.05) is 0 Å². The smallest absolute Gasteiger partial charge is 0.0674 e. The van der Waals surface area contributed by atoms with Gasteiger partial charge in [0.05, 0.1) is 25.4 Å². The standard InChI is InChI=1S/C10H21NO2/c1-9(2)12-6-4-11-5-7-13-10(3)8-11/h9-10H,4-8H2,1-3H3/t10-/m1/s1. The molecule has 1 aliphatic heterocycles. The van der Waals surface area contributed by atoms with E-state index in [0.29, 0.717) is 12.2 Å². The minimum atomic E-state index is 0.346. The molecule has 0 aromatic carbocycles. The van der Waals surface area contributed by atoms with Crippen molar-refractivity contribution in [3.05, 3.63) is 0 Å². The molecule has 1 heterocycles. The van der Waals surface area contributed by atoms with Crippen molar-refractivity contribution in [2.75, 3.05) is 32.8 Å². The molecule has 3 heteroatoms. The van der Waals surface area contributed by atoms with Crippen LogP contribution in [0.2, 0.25) is 0 Å². The summed E-state index contributed by atoms with van der Waals surface area (Å²) in [4.78, 5) is 2.40. The third-order valence-corrected chi connectivity index (χ3v) is 2.18. The molecule has 0 unspecified atom stereocenters. The van der Waals surface area contributed by atoms with Gasteiger partial charge in [-0.2, -0.15) is 0 Å². The van der Waals surface area contributed by atoms with Crippen molar-refractivity contribution in [3.63, 3.8) is 0 Å². The summed E-state index contributed by atoms with van der Waals surface area (Å²) in [5, 5.41) is 0. The van der Waals surface area contributed by atoms with Gasteiger partial charge in [0.15, 0.2) is 0 Å². The number of rotatable bonds is 4. The van der Waals surface area contributed by atoms with Crippen LogP contribution in [0.25, 0.3) is 0 Å². The molecule has 0 aromatic heterocycles. The summed E-state index contributed by atoms with van der Waals surface area (Å²) in [6, 6.07) is 0. The van der Waals surface area contributed by atoms with Crippen LogP contribution in [-0.2, 0) is 9.47 Å².